The molecule has 0 radical (unpaired) electrons. The number of nitrogens with two attached hydrogens (primary N) is 1. The lowest BCUT2D eigenvalue weighted by molar-refractivity contribution is -0.384. The molecule has 1 fully saturated rings. The van der Waals surface area contributed by atoms with Gasteiger partial charge in [0.15, 0.2) is 0 Å². The molecule has 1 aromatic heterocycles. The van der Waals surface area contributed by atoms with Gasteiger partial charge < -0.3 is 10.6 Å². The summed E-state index contributed by atoms with van der Waals surface area (Å²) in [6, 6.07) is 3.24. The van der Waals surface area contributed by atoms with E-state index in [9.17, 15) is 10.1 Å². The number of aromatic nitrogens is 1. The van der Waals surface area contributed by atoms with E-state index >= 15 is 0 Å². The van der Waals surface area contributed by atoms with Crippen molar-refractivity contribution in [1.82, 2.24) is 4.98 Å². The Labute approximate surface area is 112 Å². The first-order chi connectivity index (χ1) is 9.11. The molecule has 0 spiro atoms. The highest BCUT2D eigenvalue weighted by Gasteiger charge is 2.23. The van der Waals surface area contributed by atoms with Crippen molar-refractivity contribution in [2.24, 2.45) is 0 Å². The Kier molecular flexibility index (Phi) is 4.19. The molecule has 2 N–H and O–H groups in total. The summed E-state index contributed by atoms with van der Waals surface area (Å²) in [5, 5.41) is 10.9. The van der Waals surface area contributed by atoms with E-state index in [2.05, 4.69) is 16.8 Å². The molecule has 0 aliphatic carbocycles. The van der Waals surface area contributed by atoms with E-state index in [1.54, 1.807) is 0 Å². The summed E-state index contributed by atoms with van der Waals surface area (Å²) >= 11 is 0. The van der Waals surface area contributed by atoms with Gasteiger partial charge in [0.2, 0.25) is 0 Å². The summed E-state index contributed by atoms with van der Waals surface area (Å²) in [6.45, 7) is 3.04. The minimum atomic E-state index is -0.416. The molecule has 1 saturated heterocycles. The van der Waals surface area contributed by atoms with E-state index in [0.29, 0.717) is 11.9 Å². The lowest BCUT2D eigenvalue weighted by Crippen LogP contribution is -2.35. The topological polar surface area (TPSA) is 85.3 Å². The first kappa shape index (κ1) is 13.6. The van der Waals surface area contributed by atoms with Crippen LogP contribution in [0.2, 0.25) is 0 Å². The number of nitrogen functional groups attached to an aromatic ring is 1. The van der Waals surface area contributed by atoms with Crippen LogP contribution < -0.4 is 10.6 Å². The lowest BCUT2D eigenvalue weighted by atomic mass is 10.1. The van der Waals surface area contributed by atoms with Crippen LogP contribution in [0.15, 0.2) is 12.1 Å². The number of pyridine rings is 1. The van der Waals surface area contributed by atoms with E-state index in [1.165, 1.54) is 25.0 Å². The zero-order chi connectivity index (χ0) is 13.8. The van der Waals surface area contributed by atoms with Gasteiger partial charge in [-0.1, -0.05) is 19.8 Å². The normalized spacial score (nSPS) is 20.1. The number of hydrogen-bond acceptors (Lipinski definition) is 5. The highest BCUT2D eigenvalue weighted by atomic mass is 16.6. The minimum Gasteiger partial charge on any atom is -0.383 e. The predicted octanol–water partition coefficient (Wildman–Crippen LogP) is 2.73. The van der Waals surface area contributed by atoms with Crippen LogP contribution in [-0.4, -0.2) is 22.5 Å². The number of nitrogens with zero attached hydrogens (tertiary/aromatic N) is 3. The van der Waals surface area contributed by atoms with Crippen LogP contribution >= 0.6 is 0 Å². The van der Waals surface area contributed by atoms with Crippen molar-refractivity contribution in [2.45, 2.75) is 45.1 Å². The summed E-state index contributed by atoms with van der Waals surface area (Å²) in [4.78, 5) is 17.0. The number of anilines is 2. The number of rotatable bonds is 3. The maximum atomic E-state index is 10.9. The molecular weight excluding hydrogens is 244 g/mol. The third-order valence-corrected chi connectivity index (χ3v) is 3.67. The molecule has 2 rings (SSSR count). The van der Waals surface area contributed by atoms with Gasteiger partial charge in [-0.2, -0.15) is 0 Å². The van der Waals surface area contributed by atoms with Crippen molar-refractivity contribution in [1.29, 1.82) is 0 Å². The summed E-state index contributed by atoms with van der Waals surface area (Å²) in [7, 11) is 0. The molecule has 0 bridgehead atoms. The van der Waals surface area contributed by atoms with Crippen LogP contribution in [0.1, 0.15) is 39.0 Å². The standard InChI is InChI=1S/C13H20N4O2/c1-2-10-6-4-3-5-7-16(10)13-9-11(17(18)19)8-12(14)15-13/h8-10H,2-7H2,1H3,(H2,14,15). The van der Waals surface area contributed by atoms with Gasteiger partial charge in [0.05, 0.1) is 17.1 Å². The Bertz CT molecular complexity index is 464. The van der Waals surface area contributed by atoms with Crippen molar-refractivity contribution in [3.8, 4) is 0 Å². The summed E-state index contributed by atoms with van der Waals surface area (Å²) < 4.78 is 0. The molecule has 1 aromatic rings. The van der Waals surface area contributed by atoms with E-state index in [1.807, 2.05) is 0 Å². The molecule has 6 heteroatoms. The maximum absolute atomic E-state index is 10.9. The van der Waals surface area contributed by atoms with Crippen molar-refractivity contribution in [2.75, 3.05) is 17.2 Å². The van der Waals surface area contributed by atoms with Gasteiger partial charge in [-0.05, 0) is 19.3 Å². The van der Waals surface area contributed by atoms with Gasteiger partial charge in [-0.15, -0.1) is 0 Å². The molecule has 1 unspecified atom stereocenters. The van der Waals surface area contributed by atoms with Crippen molar-refractivity contribution < 1.29 is 4.92 Å². The average Bonchev–Trinajstić information content (AvgIpc) is 2.62. The Morgan fingerprint density at radius 2 is 2.26 bits per heavy atom. The molecular formula is C13H20N4O2. The van der Waals surface area contributed by atoms with Gasteiger partial charge in [0.25, 0.3) is 5.69 Å². The largest absolute Gasteiger partial charge is 0.383 e. The monoisotopic (exact) mass is 264 g/mol. The maximum Gasteiger partial charge on any atom is 0.276 e. The van der Waals surface area contributed by atoms with Gasteiger partial charge in [0, 0.05) is 12.6 Å². The second kappa shape index (κ2) is 5.86. The van der Waals surface area contributed by atoms with Crippen LogP contribution in [0.3, 0.4) is 0 Å². The first-order valence-corrected chi connectivity index (χ1v) is 6.80. The molecule has 6 nitrogen and oxygen atoms in total. The fourth-order valence-electron chi connectivity index (χ4n) is 2.68. The zero-order valence-electron chi connectivity index (χ0n) is 11.2. The van der Waals surface area contributed by atoms with Crippen LogP contribution in [0, 0.1) is 10.1 Å². The molecule has 104 valence electrons. The van der Waals surface area contributed by atoms with Crippen LogP contribution in [0.5, 0.6) is 0 Å². The zero-order valence-corrected chi connectivity index (χ0v) is 11.2. The Morgan fingerprint density at radius 1 is 1.47 bits per heavy atom. The smallest absolute Gasteiger partial charge is 0.276 e. The molecule has 0 saturated carbocycles. The number of hydrogen-bond donors (Lipinski definition) is 1. The van der Waals surface area contributed by atoms with Gasteiger partial charge in [-0.3, -0.25) is 10.1 Å². The SMILES string of the molecule is CCC1CCCCCN1c1cc([N+](=O)[O-])cc(N)n1. The highest BCUT2D eigenvalue weighted by molar-refractivity contribution is 5.54. The first-order valence-electron chi connectivity index (χ1n) is 6.80. The second-order valence-electron chi connectivity index (χ2n) is 4.97. The average molecular weight is 264 g/mol. The molecule has 0 amide bonds. The highest BCUT2D eigenvalue weighted by Crippen LogP contribution is 2.28. The summed E-state index contributed by atoms with van der Waals surface area (Å²) in [5.41, 5.74) is 5.70. The Morgan fingerprint density at radius 3 is 2.95 bits per heavy atom. The molecule has 2 heterocycles. The van der Waals surface area contributed by atoms with Crippen molar-refractivity contribution in [3.05, 3.63) is 22.2 Å². The Hall–Kier alpha value is -1.85. The predicted molar refractivity (Wildman–Crippen MR) is 75.2 cm³/mol. The van der Waals surface area contributed by atoms with Crippen LogP contribution in [-0.2, 0) is 0 Å². The lowest BCUT2D eigenvalue weighted by Gasteiger charge is -2.30. The van der Waals surface area contributed by atoms with Gasteiger partial charge in [0.1, 0.15) is 11.6 Å². The molecule has 1 atom stereocenters. The van der Waals surface area contributed by atoms with Crippen molar-refractivity contribution in [3.63, 3.8) is 0 Å². The van der Waals surface area contributed by atoms with Crippen molar-refractivity contribution >= 4 is 17.3 Å². The number of nitro groups is 1. The van der Waals surface area contributed by atoms with Gasteiger partial charge >= 0.3 is 0 Å². The van der Waals surface area contributed by atoms with E-state index in [4.69, 9.17) is 5.73 Å². The summed E-state index contributed by atoms with van der Waals surface area (Å²) in [5.74, 6) is 0.851. The Balaban J connectivity index is 2.34. The quantitative estimate of drug-likeness (QED) is 0.670. The van der Waals surface area contributed by atoms with E-state index in [-0.39, 0.29) is 11.5 Å². The molecule has 19 heavy (non-hydrogen) atoms. The summed E-state index contributed by atoms with van der Waals surface area (Å²) in [6.07, 6.45) is 5.64. The van der Waals surface area contributed by atoms with E-state index < -0.39 is 4.92 Å². The minimum absolute atomic E-state index is 0.0154. The fraction of sp³-hybridized carbons (Fsp3) is 0.615. The van der Waals surface area contributed by atoms with Crippen LogP contribution in [0.4, 0.5) is 17.3 Å². The fourth-order valence-corrected chi connectivity index (χ4v) is 2.68. The third-order valence-electron chi connectivity index (χ3n) is 3.67. The second-order valence-corrected chi connectivity index (χ2v) is 4.97. The molecule has 1 aliphatic heterocycles. The molecule has 0 aromatic carbocycles. The van der Waals surface area contributed by atoms with E-state index in [0.717, 1.165) is 25.8 Å². The molecule has 1 aliphatic rings. The van der Waals surface area contributed by atoms with Gasteiger partial charge in [-0.25, -0.2) is 4.98 Å². The third kappa shape index (κ3) is 3.13. The van der Waals surface area contributed by atoms with Crippen LogP contribution in [0.25, 0.3) is 0 Å².